The molecule has 2 aliphatic heterocycles. The third-order valence-corrected chi connectivity index (χ3v) is 5.53. The quantitative estimate of drug-likeness (QED) is 0.664. The number of anilines is 2. The SMILES string of the molecule is CCOC(=O)C1=NN(c2ccccc2)C(C(=O)N2CCN(c3ncccc3C#N)CC2)C1. The van der Waals surface area contributed by atoms with Crippen LogP contribution in [-0.2, 0) is 14.3 Å². The van der Waals surface area contributed by atoms with E-state index in [9.17, 15) is 14.9 Å². The normalized spacial score (nSPS) is 18.2. The summed E-state index contributed by atoms with van der Waals surface area (Å²) in [5.41, 5.74) is 1.52. The molecular formula is C23H24N6O3. The van der Waals surface area contributed by atoms with E-state index in [1.54, 1.807) is 35.2 Å². The topological polar surface area (TPSA) is 102 Å². The Labute approximate surface area is 186 Å². The average molecular weight is 432 g/mol. The maximum Gasteiger partial charge on any atom is 0.354 e. The van der Waals surface area contributed by atoms with Gasteiger partial charge in [-0.15, -0.1) is 0 Å². The Bertz CT molecular complexity index is 1060. The van der Waals surface area contributed by atoms with E-state index in [0.717, 1.165) is 5.69 Å². The van der Waals surface area contributed by atoms with Crippen molar-refractivity contribution in [3.63, 3.8) is 0 Å². The van der Waals surface area contributed by atoms with Gasteiger partial charge in [0.25, 0.3) is 0 Å². The van der Waals surface area contributed by atoms with Gasteiger partial charge in [-0.2, -0.15) is 10.4 Å². The highest BCUT2D eigenvalue weighted by Crippen LogP contribution is 2.27. The zero-order valence-electron chi connectivity index (χ0n) is 17.8. The lowest BCUT2D eigenvalue weighted by molar-refractivity contribution is -0.135. The third-order valence-electron chi connectivity index (χ3n) is 5.53. The van der Waals surface area contributed by atoms with E-state index >= 15 is 0 Å². The van der Waals surface area contributed by atoms with Gasteiger partial charge in [-0.1, -0.05) is 18.2 Å². The number of aromatic nitrogens is 1. The summed E-state index contributed by atoms with van der Waals surface area (Å²) >= 11 is 0. The van der Waals surface area contributed by atoms with Crippen LogP contribution in [0.3, 0.4) is 0 Å². The molecule has 1 atom stereocenters. The molecule has 0 aliphatic carbocycles. The van der Waals surface area contributed by atoms with Gasteiger partial charge < -0.3 is 14.5 Å². The predicted octanol–water partition coefficient (Wildman–Crippen LogP) is 1.80. The average Bonchev–Trinajstić information content (AvgIpc) is 3.30. The van der Waals surface area contributed by atoms with Crippen LogP contribution in [0.4, 0.5) is 11.5 Å². The summed E-state index contributed by atoms with van der Waals surface area (Å²) in [5, 5.41) is 15.4. The first kappa shape index (κ1) is 21.3. The maximum absolute atomic E-state index is 13.4. The molecule has 0 N–H and O–H groups in total. The number of carbonyl (C=O) groups is 2. The fraction of sp³-hybridized carbons (Fsp3) is 0.348. The first-order valence-electron chi connectivity index (χ1n) is 10.6. The smallest absolute Gasteiger partial charge is 0.354 e. The van der Waals surface area contributed by atoms with Gasteiger partial charge in [0.1, 0.15) is 23.6 Å². The van der Waals surface area contributed by atoms with Crippen molar-refractivity contribution in [3.8, 4) is 6.07 Å². The molecule has 164 valence electrons. The first-order valence-corrected chi connectivity index (χ1v) is 10.6. The standard InChI is InChI=1S/C23H24N6O3/c1-2-32-23(31)19-15-20(29(26-19)18-8-4-3-5-9-18)22(30)28-13-11-27(12-14-28)21-17(16-24)7-6-10-25-21/h3-10,20H,2,11-15H2,1H3. The molecule has 3 heterocycles. The second-order valence-corrected chi connectivity index (χ2v) is 7.47. The van der Waals surface area contributed by atoms with Crippen LogP contribution in [0.5, 0.6) is 0 Å². The Morgan fingerprint density at radius 1 is 1.12 bits per heavy atom. The largest absolute Gasteiger partial charge is 0.461 e. The van der Waals surface area contributed by atoms with Crippen molar-refractivity contribution in [2.75, 3.05) is 42.7 Å². The summed E-state index contributed by atoms with van der Waals surface area (Å²) in [6, 6.07) is 14.4. The molecule has 2 aliphatic rings. The van der Waals surface area contributed by atoms with E-state index in [-0.39, 0.29) is 24.6 Å². The fourth-order valence-corrected chi connectivity index (χ4v) is 3.94. The molecule has 1 aromatic carbocycles. The molecule has 1 saturated heterocycles. The minimum absolute atomic E-state index is 0.0851. The number of para-hydroxylation sites is 1. The molecule has 4 rings (SSSR count). The van der Waals surface area contributed by atoms with Crippen LogP contribution < -0.4 is 9.91 Å². The van der Waals surface area contributed by atoms with Gasteiger partial charge in [-0.3, -0.25) is 9.80 Å². The van der Waals surface area contributed by atoms with Crippen molar-refractivity contribution >= 4 is 29.1 Å². The molecule has 0 saturated carbocycles. The summed E-state index contributed by atoms with van der Waals surface area (Å²) in [7, 11) is 0. The van der Waals surface area contributed by atoms with Crippen molar-refractivity contribution in [1.82, 2.24) is 9.88 Å². The number of hydrogen-bond donors (Lipinski definition) is 0. The number of rotatable bonds is 5. The molecule has 0 radical (unpaired) electrons. The van der Waals surface area contributed by atoms with E-state index in [4.69, 9.17) is 4.74 Å². The molecule has 1 unspecified atom stereocenters. The van der Waals surface area contributed by atoms with E-state index in [0.29, 0.717) is 37.6 Å². The van der Waals surface area contributed by atoms with E-state index < -0.39 is 12.0 Å². The van der Waals surface area contributed by atoms with E-state index in [2.05, 4.69) is 16.2 Å². The molecule has 0 spiro atoms. The molecule has 1 aromatic heterocycles. The van der Waals surface area contributed by atoms with Gasteiger partial charge in [-0.05, 0) is 31.2 Å². The van der Waals surface area contributed by atoms with Crippen LogP contribution in [0, 0.1) is 11.3 Å². The number of hydrogen-bond acceptors (Lipinski definition) is 8. The highest BCUT2D eigenvalue weighted by Gasteiger charge is 2.39. The number of nitriles is 1. The lowest BCUT2D eigenvalue weighted by Gasteiger charge is -2.37. The molecule has 2 aromatic rings. The minimum atomic E-state index is -0.604. The summed E-state index contributed by atoms with van der Waals surface area (Å²) in [4.78, 5) is 33.9. The zero-order valence-corrected chi connectivity index (χ0v) is 17.8. The number of hydrazone groups is 1. The van der Waals surface area contributed by atoms with E-state index in [1.807, 2.05) is 35.2 Å². The van der Waals surface area contributed by atoms with Crippen LogP contribution in [-0.4, -0.2) is 66.3 Å². The van der Waals surface area contributed by atoms with Gasteiger partial charge >= 0.3 is 5.97 Å². The van der Waals surface area contributed by atoms with Crippen molar-refractivity contribution in [1.29, 1.82) is 5.26 Å². The predicted molar refractivity (Wildman–Crippen MR) is 119 cm³/mol. The van der Waals surface area contributed by atoms with Crippen LogP contribution in [0.1, 0.15) is 18.9 Å². The number of benzene rings is 1. The minimum Gasteiger partial charge on any atom is -0.461 e. The lowest BCUT2D eigenvalue weighted by Crippen LogP contribution is -2.54. The third kappa shape index (κ3) is 4.25. The summed E-state index contributed by atoms with van der Waals surface area (Å²) in [5.74, 6) is 0.0626. The summed E-state index contributed by atoms with van der Waals surface area (Å²) in [6.07, 6.45) is 1.86. The highest BCUT2D eigenvalue weighted by atomic mass is 16.5. The number of amides is 1. The van der Waals surface area contributed by atoms with Crippen LogP contribution >= 0.6 is 0 Å². The molecule has 9 heteroatoms. The monoisotopic (exact) mass is 432 g/mol. The molecule has 1 amide bonds. The van der Waals surface area contributed by atoms with Crippen molar-refractivity contribution in [3.05, 3.63) is 54.2 Å². The molecule has 32 heavy (non-hydrogen) atoms. The lowest BCUT2D eigenvalue weighted by atomic mass is 10.1. The highest BCUT2D eigenvalue weighted by molar-refractivity contribution is 6.38. The molecule has 1 fully saturated rings. The molecular weight excluding hydrogens is 408 g/mol. The van der Waals surface area contributed by atoms with Crippen LogP contribution in [0.15, 0.2) is 53.8 Å². The van der Waals surface area contributed by atoms with Gasteiger partial charge in [0, 0.05) is 38.8 Å². The number of pyridine rings is 1. The van der Waals surface area contributed by atoms with Crippen LogP contribution in [0.25, 0.3) is 0 Å². The van der Waals surface area contributed by atoms with Crippen molar-refractivity contribution in [2.45, 2.75) is 19.4 Å². The Morgan fingerprint density at radius 3 is 2.56 bits per heavy atom. The number of piperazine rings is 1. The van der Waals surface area contributed by atoms with Crippen LogP contribution in [0.2, 0.25) is 0 Å². The Balaban J connectivity index is 1.48. The number of esters is 1. The number of nitrogens with zero attached hydrogens (tertiary/aromatic N) is 6. The Hall–Kier alpha value is -3.93. The number of carbonyl (C=O) groups excluding carboxylic acids is 2. The van der Waals surface area contributed by atoms with E-state index in [1.165, 1.54) is 0 Å². The second kappa shape index (κ2) is 9.47. The van der Waals surface area contributed by atoms with Crippen molar-refractivity contribution in [2.24, 2.45) is 5.10 Å². The maximum atomic E-state index is 13.4. The summed E-state index contributed by atoms with van der Waals surface area (Å²) in [6.45, 7) is 4.12. The Morgan fingerprint density at radius 2 is 1.88 bits per heavy atom. The molecule has 9 nitrogen and oxygen atoms in total. The number of ether oxygens (including phenoxy) is 1. The second-order valence-electron chi connectivity index (χ2n) is 7.47. The zero-order chi connectivity index (χ0) is 22.5. The first-order chi connectivity index (χ1) is 15.6. The summed E-state index contributed by atoms with van der Waals surface area (Å²) < 4.78 is 5.11. The van der Waals surface area contributed by atoms with Gasteiger partial charge in [0.15, 0.2) is 0 Å². The van der Waals surface area contributed by atoms with Crippen molar-refractivity contribution < 1.29 is 14.3 Å². The molecule has 0 bridgehead atoms. The van der Waals surface area contributed by atoms with Gasteiger partial charge in [-0.25, -0.2) is 9.78 Å². The van der Waals surface area contributed by atoms with Gasteiger partial charge in [0.2, 0.25) is 5.91 Å². The van der Waals surface area contributed by atoms with Gasteiger partial charge in [0.05, 0.1) is 17.9 Å². The fourth-order valence-electron chi connectivity index (χ4n) is 3.94. The Kier molecular flexibility index (Phi) is 6.31.